The second-order valence-electron chi connectivity index (χ2n) is 9.76. The SMILES string of the molecule is COc1ccc2cc(C(C)(C)C)ccc2c1-c1c(S(=O)(=O)NC(C)C)ccc2ccccc12. The Bertz CT molecular complexity index is 1450. The normalized spacial score (nSPS) is 12.6. The number of fused-ring (bicyclic) bond motifs is 2. The zero-order valence-electron chi connectivity index (χ0n) is 20.1. The maximum atomic E-state index is 13.4. The lowest BCUT2D eigenvalue weighted by molar-refractivity contribution is 0.417. The highest BCUT2D eigenvalue weighted by molar-refractivity contribution is 7.89. The number of hydrogen-bond acceptors (Lipinski definition) is 3. The van der Waals surface area contributed by atoms with Gasteiger partial charge in [0.2, 0.25) is 10.0 Å². The molecule has 33 heavy (non-hydrogen) atoms. The number of rotatable bonds is 5. The van der Waals surface area contributed by atoms with Crippen LogP contribution in [0.4, 0.5) is 0 Å². The first-order valence-electron chi connectivity index (χ1n) is 11.2. The molecule has 172 valence electrons. The topological polar surface area (TPSA) is 55.4 Å². The molecule has 0 bridgehead atoms. The van der Waals surface area contributed by atoms with Gasteiger partial charge in [-0.2, -0.15) is 0 Å². The van der Waals surface area contributed by atoms with E-state index >= 15 is 0 Å². The Morgan fingerprint density at radius 3 is 2.15 bits per heavy atom. The van der Waals surface area contributed by atoms with Crippen molar-refractivity contribution in [2.75, 3.05) is 7.11 Å². The van der Waals surface area contributed by atoms with Crippen LogP contribution in [-0.4, -0.2) is 21.6 Å². The van der Waals surface area contributed by atoms with Crippen molar-refractivity contribution in [3.8, 4) is 16.9 Å². The van der Waals surface area contributed by atoms with E-state index in [9.17, 15) is 8.42 Å². The van der Waals surface area contributed by atoms with Crippen LogP contribution >= 0.6 is 0 Å². The number of sulfonamides is 1. The van der Waals surface area contributed by atoms with Crippen molar-refractivity contribution in [3.05, 3.63) is 72.3 Å². The number of benzene rings is 4. The molecular weight excluding hydrogens is 430 g/mol. The van der Waals surface area contributed by atoms with E-state index in [0.717, 1.165) is 27.1 Å². The van der Waals surface area contributed by atoms with Crippen molar-refractivity contribution in [2.45, 2.75) is 51.0 Å². The molecule has 0 radical (unpaired) electrons. The van der Waals surface area contributed by atoms with Gasteiger partial charge in [0.25, 0.3) is 0 Å². The van der Waals surface area contributed by atoms with Crippen LogP contribution in [0.15, 0.2) is 71.6 Å². The van der Waals surface area contributed by atoms with Crippen LogP contribution in [0, 0.1) is 0 Å². The van der Waals surface area contributed by atoms with E-state index in [1.165, 1.54) is 5.56 Å². The second kappa shape index (κ2) is 8.47. The molecule has 0 aliphatic carbocycles. The molecule has 0 saturated carbocycles. The Morgan fingerprint density at radius 2 is 1.48 bits per heavy atom. The van der Waals surface area contributed by atoms with Crippen LogP contribution in [0.5, 0.6) is 5.75 Å². The number of nitrogens with one attached hydrogen (secondary N) is 1. The monoisotopic (exact) mass is 461 g/mol. The van der Waals surface area contributed by atoms with Crippen LogP contribution in [0.3, 0.4) is 0 Å². The minimum atomic E-state index is -3.76. The lowest BCUT2D eigenvalue weighted by Gasteiger charge is -2.22. The minimum absolute atomic E-state index is 0.00338. The molecule has 4 aromatic rings. The molecule has 0 spiro atoms. The molecule has 0 unspecified atom stereocenters. The summed E-state index contributed by atoms with van der Waals surface area (Å²) in [6.45, 7) is 10.2. The highest BCUT2D eigenvalue weighted by atomic mass is 32.2. The fraction of sp³-hybridized carbons (Fsp3) is 0.286. The predicted octanol–water partition coefficient (Wildman–Crippen LogP) is 6.65. The van der Waals surface area contributed by atoms with Crippen molar-refractivity contribution in [3.63, 3.8) is 0 Å². The van der Waals surface area contributed by atoms with Crippen LogP contribution in [0.1, 0.15) is 40.2 Å². The van der Waals surface area contributed by atoms with E-state index in [1.54, 1.807) is 13.2 Å². The Balaban J connectivity index is 2.16. The van der Waals surface area contributed by atoms with Crippen LogP contribution < -0.4 is 9.46 Å². The molecule has 0 saturated heterocycles. The fourth-order valence-corrected chi connectivity index (χ4v) is 5.79. The van der Waals surface area contributed by atoms with Gasteiger partial charge >= 0.3 is 0 Å². The van der Waals surface area contributed by atoms with Gasteiger partial charge in [0.15, 0.2) is 0 Å². The highest BCUT2D eigenvalue weighted by Crippen LogP contribution is 2.44. The lowest BCUT2D eigenvalue weighted by atomic mass is 9.84. The van der Waals surface area contributed by atoms with Gasteiger partial charge in [-0.1, -0.05) is 75.4 Å². The van der Waals surface area contributed by atoms with Gasteiger partial charge in [0.1, 0.15) is 5.75 Å². The summed E-state index contributed by atoms with van der Waals surface area (Å²) < 4.78 is 35.4. The summed E-state index contributed by atoms with van der Waals surface area (Å²) in [5.74, 6) is 0.642. The van der Waals surface area contributed by atoms with Gasteiger partial charge in [-0.3, -0.25) is 0 Å². The second-order valence-corrected chi connectivity index (χ2v) is 11.4. The van der Waals surface area contributed by atoms with Gasteiger partial charge in [-0.25, -0.2) is 13.1 Å². The molecule has 4 aromatic carbocycles. The van der Waals surface area contributed by atoms with Crippen LogP contribution in [-0.2, 0) is 15.4 Å². The van der Waals surface area contributed by atoms with Gasteiger partial charge in [0, 0.05) is 17.2 Å². The van der Waals surface area contributed by atoms with Gasteiger partial charge < -0.3 is 4.74 Å². The van der Waals surface area contributed by atoms with Crippen molar-refractivity contribution in [2.24, 2.45) is 0 Å². The molecule has 0 heterocycles. The zero-order chi connectivity index (χ0) is 24.0. The van der Waals surface area contributed by atoms with E-state index in [1.807, 2.05) is 56.3 Å². The fourth-order valence-electron chi connectivity index (χ4n) is 4.31. The summed E-state index contributed by atoms with van der Waals surface area (Å²) in [6.07, 6.45) is 0. The van der Waals surface area contributed by atoms with Crippen molar-refractivity contribution in [1.82, 2.24) is 4.72 Å². The van der Waals surface area contributed by atoms with E-state index in [0.29, 0.717) is 11.3 Å². The first kappa shape index (κ1) is 23.3. The molecule has 5 heteroatoms. The molecular formula is C28H31NO3S. The molecule has 4 nitrogen and oxygen atoms in total. The Kier molecular flexibility index (Phi) is 5.97. The number of methoxy groups -OCH3 is 1. The van der Waals surface area contributed by atoms with Gasteiger partial charge in [-0.05, 0) is 58.5 Å². The molecule has 0 amide bonds. The van der Waals surface area contributed by atoms with Crippen molar-refractivity contribution >= 4 is 31.6 Å². The van der Waals surface area contributed by atoms with Gasteiger partial charge in [0.05, 0.1) is 12.0 Å². The smallest absolute Gasteiger partial charge is 0.241 e. The van der Waals surface area contributed by atoms with Crippen molar-refractivity contribution in [1.29, 1.82) is 0 Å². The third-order valence-corrected chi connectivity index (χ3v) is 7.59. The Labute approximate surface area is 196 Å². The maximum Gasteiger partial charge on any atom is 0.241 e. The van der Waals surface area contributed by atoms with E-state index in [-0.39, 0.29) is 16.4 Å². The summed E-state index contributed by atoms with van der Waals surface area (Å²) in [6, 6.07) is 21.6. The predicted molar refractivity (Wildman–Crippen MR) is 138 cm³/mol. The average molecular weight is 462 g/mol. The highest BCUT2D eigenvalue weighted by Gasteiger charge is 2.26. The molecule has 0 fully saturated rings. The van der Waals surface area contributed by atoms with E-state index in [4.69, 9.17) is 4.74 Å². The largest absolute Gasteiger partial charge is 0.496 e. The average Bonchev–Trinajstić information content (AvgIpc) is 2.75. The standard InChI is InChI=1S/C28H31NO3S/c1-18(2)29-33(30,31)25-16-12-19-9-7-8-10-22(19)27(25)26-23-14-13-21(28(3,4)5)17-20(23)11-15-24(26)32-6/h7-18,29H,1-6H3. The number of ether oxygens (including phenoxy) is 1. The molecule has 0 aliphatic heterocycles. The molecule has 1 N–H and O–H groups in total. The third-order valence-electron chi connectivity index (χ3n) is 5.89. The van der Waals surface area contributed by atoms with E-state index in [2.05, 4.69) is 43.7 Å². The van der Waals surface area contributed by atoms with Crippen molar-refractivity contribution < 1.29 is 13.2 Å². The minimum Gasteiger partial charge on any atom is -0.496 e. The van der Waals surface area contributed by atoms with Crippen LogP contribution in [0.25, 0.3) is 32.7 Å². The Morgan fingerprint density at radius 1 is 0.818 bits per heavy atom. The third kappa shape index (κ3) is 4.35. The van der Waals surface area contributed by atoms with Gasteiger partial charge in [-0.15, -0.1) is 0 Å². The van der Waals surface area contributed by atoms with Crippen LogP contribution in [0.2, 0.25) is 0 Å². The quantitative estimate of drug-likeness (QED) is 0.362. The number of hydrogen-bond donors (Lipinski definition) is 1. The first-order valence-corrected chi connectivity index (χ1v) is 12.7. The molecule has 0 aromatic heterocycles. The Hall–Kier alpha value is -2.89. The summed E-state index contributed by atoms with van der Waals surface area (Å²) in [4.78, 5) is 0.251. The summed E-state index contributed by atoms with van der Waals surface area (Å²) in [7, 11) is -2.14. The molecule has 4 rings (SSSR count). The summed E-state index contributed by atoms with van der Waals surface area (Å²) >= 11 is 0. The zero-order valence-corrected chi connectivity index (χ0v) is 20.9. The molecule has 0 atom stereocenters. The summed E-state index contributed by atoms with van der Waals surface area (Å²) in [5, 5.41) is 3.85. The lowest BCUT2D eigenvalue weighted by Crippen LogP contribution is -2.30. The maximum absolute atomic E-state index is 13.4. The van der Waals surface area contributed by atoms with E-state index < -0.39 is 10.0 Å². The first-order chi connectivity index (χ1) is 15.5. The summed E-state index contributed by atoms with van der Waals surface area (Å²) in [5.41, 5.74) is 2.67. The molecule has 0 aliphatic rings.